The molecule has 0 radical (unpaired) electrons. The first-order chi connectivity index (χ1) is 10.1. The lowest BCUT2D eigenvalue weighted by molar-refractivity contribution is 0.0979. The number of carbonyl (C=O) groups is 1. The molecule has 114 valence electrons. The summed E-state index contributed by atoms with van der Waals surface area (Å²) in [6.07, 6.45) is 2.71. The van der Waals surface area contributed by atoms with E-state index in [2.05, 4.69) is 10.6 Å². The van der Waals surface area contributed by atoms with E-state index in [1.54, 1.807) is 24.3 Å². The Morgan fingerprint density at radius 3 is 2.76 bits per heavy atom. The fourth-order valence-electron chi connectivity index (χ4n) is 3.00. The molecule has 2 saturated heterocycles. The number of urea groups is 1. The highest BCUT2D eigenvalue weighted by Gasteiger charge is 2.41. The topological polar surface area (TPSA) is 70.6 Å². The Kier molecular flexibility index (Phi) is 4.33. The molecule has 2 fully saturated rings. The summed E-state index contributed by atoms with van der Waals surface area (Å²) in [5.41, 5.74) is 0.725. The van der Waals surface area contributed by atoms with Gasteiger partial charge >= 0.3 is 6.03 Å². The molecular weight excluding hydrogens is 292 g/mol. The Bertz CT molecular complexity index is 508. The van der Waals surface area contributed by atoms with E-state index in [1.165, 1.54) is 0 Å². The fraction of sp³-hybridized carbons (Fsp3) is 0.533. The van der Waals surface area contributed by atoms with Gasteiger partial charge in [0.2, 0.25) is 0 Å². The number of halogens is 1. The van der Waals surface area contributed by atoms with E-state index in [0.717, 1.165) is 24.8 Å². The summed E-state index contributed by atoms with van der Waals surface area (Å²) in [7, 11) is 0. The van der Waals surface area contributed by atoms with Crippen molar-refractivity contribution < 1.29 is 14.6 Å². The largest absolute Gasteiger partial charge is 0.387 e. The van der Waals surface area contributed by atoms with E-state index >= 15 is 0 Å². The third kappa shape index (κ3) is 3.48. The van der Waals surface area contributed by atoms with Crippen LogP contribution >= 0.6 is 11.6 Å². The number of nitrogens with one attached hydrogen (secondary N) is 2. The molecule has 6 heteroatoms. The van der Waals surface area contributed by atoms with Gasteiger partial charge < -0.3 is 20.5 Å². The van der Waals surface area contributed by atoms with Gasteiger partial charge in [-0.2, -0.15) is 0 Å². The van der Waals surface area contributed by atoms with Crippen molar-refractivity contribution in [1.82, 2.24) is 10.6 Å². The maximum absolute atomic E-state index is 11.9. The quantitative estimate of drug-likeness (QED) is 0.796. The lowest BCUT2D eigenvalue weighted by atomic mass is 9.96. The van der Waals surface area contributed by atoms with Crippen molar-refractivity contribution in [2.75, 3.05) is 6.54 Å². The van der Waals surface area contributed by atoms with Crippen LogP contribution in [0.5, 0.6) is 0 Å². The van der Waals surface area contributed by atoms with Crippen molar-refractivity contribution in [2.45, 2.75) is 43.6 Å². The molecule has 2 amide bonds. The van der Waals surface area contributed by atoms with Crippen LogP contribution in [0.15, 0.2) is 24.3 Å². The SMILES string of the molecule is O=C(NCC(O)c1ccc(Cl)cc1)NC1CC2CCC1O2. The Hall–Kier alpha value is -1.30. The van der Waals surface area contributed by atoms with E-state index in [0.29, 0.717) is 11.1 Å². The number of amides is 2. The van der Waals surface area contributed by atoms with Gasteiger partial charge in [0.15, 0.2) is 0 Å². The molecule has 0 saturated carbocycles. The lowest BCUT2D eigenvalue weighted by Gasteiger charge is -2.21. The zero-order valence-electron chi connectivity index (χ0n) is 11.6. The van der Waals surface area contributed by atoms with Crippen LogP contribution < -0.4 is 10.6 Å². The van der Waals surface area contributed by atoms with Crippen molar-refractivity contribution >= 4 is 17.6 Å². The molecule has 4 unspecified atom stereocenters. The third-order valence-electron chi connectivity index (χ3n) is 4.13. The van der Waals surface area contributed by atoms with Crippen LogP contribution in [-0.4, -0.2) is 35.9 Å². The zero-order valence-corrected chi connectivity index (χ0v) is 12.3. The maximum Gasteiger partial charge on any atom is 0.315 e. The van der Waals surface area contributed by atoms with Gasteiger partial charge in [0, 0.05) is 11.6 Å². The molecule has 1 aromatic rings. The number of fused-ring (bicyclic) bond motifs is 2. The summed E-state index contributed by atoms with van der Waals surface area (Å²) >= 11 is 5.80. The van der Waals surface area contributed by atoms with E-state index in [-0.39, 0.29) is 24.7 Å². The molecule has 1 aromatic carbocycles. The van der Waals surface area contributed by atoms with Gasteiger partial charge in [0.05, 0.1) is 24.4 Å². The number of hydrogen-bond donors (Lipinski definition) is 3. The Morgan fingerprint density at radius 2 is 2.14 bits per heavy atom. The Balaban J connectivity index is 1.44. The van der Waals surface area contributed by atoms with Gasteiger partial charge in [-0.05, 0) is 37.0 Å². The highest BCUT2D eigenvalue weighted by atomic mass is 35.5. The minimum absolute atomic E-state index is 0.0939. The number of hydrogen-bond acceptors (Lipinski definition) is 3. The molecule has 5 nitrogen and oxygen atoms in total. The van der Waals surface area contributed by atoms with E-state index < -0.39 is 6.10 Å². The molecular formula is C15H19ClN2O3. The summed E-state index contributed by atoms with van der Waals surface area (Å²) in [5, 5.41) is 16.2. The van der Waals surface area contributed by atoms with E-state index in [4.69, 9.17) is 16.3 Å². The van der Waals surface area contributed by atoms with Gasteiger partial charge in [-0.15, -0.1) is 0 Å². The predicted octanol–water partition coefficient (Wildman–Crippen LogP) is 1.99. The number of rotatable bonds is 4. The van der Waals surface area contributed by atoms with E-state index in [1.807, 2.05) is 0 Å². The molecule has 2 heterocycles. The average Bonchev–Trinajstić information content (AvgIpc) is 3.08. The van der Waals surface area contributed by atoms with Crippen LogP contribution in [-0.2, 0) is 4.74 Å². The standard InChI is InChI=1S/C15H19ClN2O3/c16-10-3-1-9(2-4-10)13(19)8-17-15(20)18-12-7-11-5-6-14(12)21-11/h1-4,11-14,19H,5-8H2,(H2,17,18,20). The monoisotopic (exact) mass is 310 g/mol. The molecule has 0 aromatic heterocycles. The van der Waals surface area contributed by atoms with Crippen molar-refractivity contribution in [1.29, 1.82) is 0 Å². The van der Waals surface area contributed by atoms with Crippen LogP contribution in [0.3, 0.4) is 0 Å². The normalized spacial score (nSPS) is 28.4. The lowest BCUT2D eigenvalue weighted by Crippen LogP contribution is -2.47. The van der Waals surface area contributed by atoms with Crippen LogP contribution in [0.4, 0.5) is 4.79 Å². The van der Waals surface area contributed by atoms with Gasteiger partial charge in [0.25, 0.3) is 0 Å². The Labute approximate surface area is 128 Å². The first-order valence-corrected chi connectivity index (χ1v) is 7.63. The first-order valence-electron chi connectivity index (χ1n) is 7.25. The summed E-state index contributed by atoms with van der Waals surface area (Å²) in [6, 6.07) is 6.76. The summed E-state index contributed by atoms with van der Waals surface area (Å²) < 4.78 is 5.69. The van der Waals surface area contributed by atoms with Gasteiger partial charge in [-0.1, -0.05) is 23.7 Å². The molecule has 3 N–H and O–H groups in total. The zero-order chi connectivity index (χ0) is 14.8. The smallest absolute Gasteiger partial charge is 0.315 e. The third-order valence-corrected chi connectivity index (χ3v) is 4.39. The van der Waals surface area contributed by atoms with Gasteiger partial charge in [-0.25, -0.2) is 4.79 Å². The number of benzene rings is 1. The second-order valence-corrected chi connectivity index (χ2v) is 6.07. The number of ether oxygens (including phenoxy) is 1. The van der Waals surface area contributed by atoms with Crippen LogP contribution in [0.1, 0.15) is 30.9 Å². The second kappa shape index (κ2) is 6.22. The van der Waals surface area contributed by atoms with Crippen molar-refractivity contribution in [3.8, 4) is 0 Å². The minimum Gasteiger partial charge on any atom is -0.387 e. The van der Waals surface area contributed by atoms with Gasteiger partial charge in [0.1, 0.15) is 0 Å². The minimum atomic E-state index is -0.746. The number of aliphatic hydroxyl groups excluding tert-OH is 1. The predicted molar refractivity (Wildman–Crippen MR) is 79.2 cm³/mol. The second-order valence-electron chi connectivity index (χ2n) is 5.64. The molecule has 3 rings (SSSR count). The molecule has 2 aliphatic rings. The average molecular weight is 311 g/mol. The highest BCUT2D eigenvalue weighted by Crippen LogP contribution is 2.34. The van der Waals surface area contributed by atoms with Crippen LogP contribution in [0, 0.1) is 0 Å². The molecule has 0 aliphatic carbocycles. The molecule has 2 aliphatic heterocycles. The number of aliphatic hydroxyl groups is 1. The summed E-state index contributed by atoms with van der Waals surface area (Å²) in [5.74, 6) is 0. The first kappa shape index (κ1) is 14.6. The van der Waals surface area contributed by atoms with Crippen molar-refractivity contribution in [3.63, 3.8) is 0 Å². The molecule has 4 atom stereocenters. The fourth-order valence-corrected chi connectivity index (χ4v) is 3.13. The van der Waals surface area contributed by atoms with Crippen LogP contribution in [0.25, 0.3) is 0 Å². The molecule has 21 heavy (non-hydrogen) atoms. The van der Waals surface area contributed by atoms with E-state index in [9.17, 15) is 9.90 Å². The highest BCUT2D eigenvalue weighted by molar-refractivity contribution is 6.30. The summed E-state index contributed by atoms with van der Waals surface area (Å²) in [6.45, 7) is 0.162. The van der Waals surface area contributed by atoms with Gasteiger partial charge in [-0.3, -0.25) is 0 Å². The molecule has 0 spiro atoms. The molecule has 2 bridgehead atoms. The van der Waals surface area contributed by atoms with Crippen molar-refractivity contribution in [2.24, 2.45) is 0 Å². The summed E-state index contributed by atoms with van der Waals surface area (Å²) in [4.78, 5) is 11.9. The number of carbonyl (C=O) groups excluding carboxylic acids is 1. The maximum atomic E-state index is 11.9. The van der Waals surface area contributed by atoms with Crippen molar-refractivity contribution in [3.05, 3.63) is 34.9 Å². The van der Waals surface area contributed by atoms with Crippen LogP contribution in [0.2, 0.25) is 5.02 Å². The Morgan fingerprint density at radius 1 is 1.38 bits per heavy atom.